The molecule has 168 valence electrons. The number of aliphatic carboxylic acids is 1. The number of benzene rings is 2. The Morgan fingerprint density at radius 1 is 0.938 bits per heavy atom. The summed E-state index contributed by atoms with van der Waals surface area (Å²) in [6.45, 7) is 4.15. The van der Waals surface area contributed by atoms with Crippen LogP contribution in [-0.2, 0) is 35.3 Å². The summed E-state index contributed by atoms with van der Waals surface area (Å²) in [6.07, 6.45) is 3.87. The largest absolute Gasteiger partial charge is 0.480 e. The number of aryl methyl sites for hydroxylation is 2. The second-order valence-corrected chi connectivity index (χ2v) is 9.23. The summed E-state index contributed by atoms with van der Waals surface area (Å²) in [5, 5.41) is 14.2. The first-order valence-electron chi connectivity index (χ1n) is 10.9. The Kier molecular flexibility index (Phi) is 5.54. The zero-order valence-corrected chi connectivity index (χ0v) is 18.5. The van der Waals surface area contributed by atoms with E-state index in [1.54, 1.807) is 0 Å². The molecule has 1 saturated heterocycles. The number of imide groups is 1. The highest BCUT2D eigenvalue weighted by molar-refractivity contribution is 6.07. The summed E-state index contributed by atoms with van der Waals surface area (Å²) in [5.41, 5.74) is 11.5. The van der Waals surface area contributed by atoms with Crippen LogP contribution in [0.3, 0.4) is 0 Å². The molecule has 32 heavy (non-hydrogen) atoms. The monoisotopic (exact) mass is 435 g/mol. The number of urea groups is 1. The molecule has 2 aliphatic carbocycles. The second kappa shape index (κ2) is 8.06. The van der Waals surface area contributed by atoms with Gasteiger partial charge in [0.25, 0.3) is 5.91 Å². The quantitative estimate of drug-likeness (QED) is 0.512. The van der Waals surface area contributed by atoms with E-state index in [1.807, 2.05) is 24.3 Å². The topological polar surface area (TPSA) is 122 Å². The van der Waals surface area contributed by atoms with Gasteiger partial charge in [-0.25, -0.2) is 4.79 Å². The molecule has 3 aliphatic rings. The number of fused-ring (bicyclic) bond motifs is 2. The number of carboxylic acids is 1. The van der Waals surface area contributed by atoms with Crippen LogP contribution in [-0.4, -0.2) is 34.1 Å². The van der Waals surface area contributed by atoms with Crippen molar-refractivity contribution in [1.82, 2.24) is 10.6 Å². The first-order valence-corrected chi connectivity index (χ1v) is 10.9. The van der Waals surface area contributed by atoms with Gasteiger partial charge < -0.3 is 16.2 Å². The van der Waals surface area contributed by atoms with Crippen LogP contribution in [0.2, 0.25) is 0 Å². The van der Waals surface area contributed by atoms with Crippen molar-refractivity contribution in [2.45, 2.75) is 63.5 Å². The molecule has 1 heterocycles. The number of hydrogen-bond acceptors (Lipinski definition) is 4. The maximum absolute atomic E-state index is 11.9. The molecule has 0 aromatic heterocycles. The Bertz CT molecular complexity index is 1110. The van der Waals surface area contributed by atoms with Crippen LogP contribution in [0.5, 0.6) is 0 Å². The number of nitrogens with one attached hydrogen (secondary N) is 2. The summed E-state index contributed by atoms with van der Waals surface area (Å²) in [5.74, 6) is -1.08. The van der Waals surface area contributed by atoms with Gasteiger partial charge in [-0.1, -0.05) is 36.4 Å². The fourth-order valence-electron chi connectivity index (χ4n) is 5.11. The molecular weight excluding hydrogens is 406 g/mol. The minimum atomic E-state index is -1.07. The van der Waals surface area contributed by atoms with E-state index in [9.17, 15) is 14.4 Å². The van der Waals surface area contributed by atoms with Gasteiger partial charge in [0.15, 0.2) is 0 Å². The molecule has 2 aromatic carbocycles. The third kappa shape index (κ3) is 3.88. The lowest BCUT2D eigenvalue weighted by Gasteiger charge is -2.32. The number of amides is 3. The van der Waals surface area contributed by atoms with Crippen molar-refractivity contribution in [3.05, 3.63) is 69.8 Å². The van der Waals surface area contributed by atoms with Crippen LogP contribution in [0.15, 0.2) is 36.4 Å². The van der Waals surface area contributed by atoms with Crippen LogP contribution < -0.4 is 16.4 Å². The van der Waals surface area contributed by atoms with Gasteiger partial charge in [-0.05, 0) is 72.9 Å². The minimum Gasteiger partial charge on any atom is -0.480 e. The summed E-state index contributed by atoms with van der Waals surface area (Å²) in [6, 6.07) is 11.8. The Hall–Kier alpha value is -3.19. The van der Waals surface area contributed by atoms with Gasteiger partial charge in [0, 0.05) is 12.8 Å². The lowest BCUT2D eigenvalue weighted by atomic mass is 9.77. The minimum absolute atomic E-state index is 0.186. The third-order valence-electron chi connectivity index (χ3n) is 7.08. The van der Waals surface area contributed by atoms with Crippen molar-refractivity contribution >= 4 is 17.9 Å². The average Bonchev–Trinajstić information content (AvgIpc) is 3.00. The SMILES string of the molecule is Cc1cccc2c1CCC(N)(C(=O)O)C2.Cc1cccc2c1CCC1(C2)NC(=O)NC1=O. The van der Waals surface area contributed by atoms with Gasteiger partial charge in [0.2, 0.25) is 0 Å². The van der Waals surface area contributed by atoms with Crippen molar-refractivity contribution in [1.29, 1.82) is 0 Å². The van der Waals surface area contributed by atoms with Crippen LogP contribution in [0.4, 0.5) is 4.79 Å². The predicted molar refractivity (Wildman–Crippen MR) is 120 cm³/mol. The summed E-state index contributed by atoms with van der Waals surface area (Å²) in [4.78, 5) is 34.2. The lowest BCUT2D eigenvalue weighted by molar-refractivity contribution is -0.143. The van der Waals surface area contributed by atoms with Gasteiger partial charge in [0.1, 0.15) is 11.1 Å². The Morgan fingerprint density at radius 2 is 1.50 bits per heavy atom. The molecule has 5 N–H and O–H groups in total. The number of rotatable bonds is 1. The van der Waals surface area contributed by atoms with Crippen molar-refractivity contribution in [3.63, 3.8) is 0 Å². The van der Waals surface area contributed by atoms with E-state index in [0.29, 0.717) is 25.7 Å². The van der Waals surface area contributed by atoms with Crippen molar-refractivity contribution in [2.75, 3.05) is 0 Å². The van der Waals surface area contributed by atoms with Crippen LogP contribution in [0.25, 0.3) is 0 Å². The van der Waals surface area contributed by atoms with Crippen LogP contribution >= 0.6 is 0 Å². The molecule has 7 heteroatoms. The highest BCUT2D eigenvalue weighted by Crippen LogP contribution is 2.32. The highest BCUT2D eigenvalue weighted by Gasteiger charge is 2.47. The Morgan fingerprint density at radius 3 is 2.03 bits per heavy atom. The zero-order chi connectivity index (χ0) is 23.1. The molecule has 5 rings (SSSR count). The molecule has 0 bridgehead atoms. The standard InChI is InChI=1S/C13H14N2O2.C12H15NO2/c1-8-3-2-4-9-7-13(6-5-10(8)9)11(16)14-12(17)15-13;1-8-3-2-4-9-7-12(13,11(14)15)6-5-10(8)9/h2-4H,5-7H2,1H3,(H2,14,15,16,17);2-4H,5-7,13H2,1H3,(H,14,15). The Balaban J connectivity index is 0.000000155. The Labute approximate surface area is 187 Å². The smallest absolute Gasteiger partial charge is 0.324 e. The van der Waals surface area contributed by atoms with Crippen LogP contribution in [0, 0.1) is 13.8 Å². The molecule has 0 radical (unpaired) electrons. The molecule has 0 saturated carbocycles. The summed E-state index contributed by atoms with van der Waals surface area (Å²) < 4.78 is 0. The average molecular weight is 436 g/mol. The molecule has 3 amide bonds. The van der Waals surface area contributed by atoms with E-state index < -0.39 is 17.0 Å². The van der Waals surface area contributed by atoms with Gasteiger partial charge in [-0.2, -0.15) is 0 Å². The van der Waals surface area contributed by atoms with Crippen molar-refractivity contribution < 1.29 is 19.5 Å². The zero-order valence-electron chi connectivity index (χ0n) is 18.5. The molecule has 1 fully saturated rings. The molecule has 2 atom stereocenters. The summed E-state index contributed by atoms with van der Waals surface area (Å²) >= 11 is 0. The molecule has 7 nitrogen and oxygen atoms in total. The van der Waals surface area contributed by atoms with Gasteiger partial charge in [-0.15, -0.1) is 0 Å². The molecule has 1 spiro atoms. The fraction of sp³-hybridized carbons (Fsp3) is 0.400. The molecule has 2 unspecified atom stereocenters. The third-order valence-corrected chi connectivity index (χ3v) is 7.08. The van der Waals surface area contributed by atoms with E-state index in [0.717, 1.165) is 18.4 Å². The maximum atomic E-state index is 11.9. The maximum Gasteiger partial charge on any atom is 0.324 e. The molecule has 1 aliphatic heterocycles. The first kappa shape index (κ1) is 22.0. The number of carbonyl (C=O) groups excluding carboxylic acids is 2. The van der Waals surface area contributed by atoms with E-state index >= 15 is 0 Å². The number of hydrogen-bond donors (Lipinski definition) is 4. The number of carboxylic acid groups (broad SMARTS) is 1. The number of carbonyl (C=O) groups is 3. The van der Waals surface area contributed by atoms with E-state index in [1.165, 1.54) is 27.8 Å². The normalized spacial score (nSPS) is 25.7. The van der Waals surface area contributed by atoms with Gasteiger partial charge >= 0.3 is 12.0 Å². The summed E-state index contributed by atoms with van der Waals surface area (Å²) in [7, 11) is 0. The molecular formula is C25H29N3O4. The fourth-order valence-corrected chi connectivity index (χ4v) is 5.11. The predicted octanol–water partition coefficient (Wildman–Crippen LogP) is 2.33. The number of nitrogens with two attached hydrogens (primary N) is 1. The van der Waals surface area contributed by atoms with Crippen LogP contribution in [0.1, 0.15) is 46.2 Å². The van der Waals surface area contributed by atoms with E-state index in [-0.39, 0.29) is 11.9 Å². The van der Waals surface area contributed by atoms with E-state index in [4.69, 9.17) is 10.8 Å². The lowest BCUT2D eigenvalue weighted by Crippen LogP contribution is -2.52. The van der Waals surface area contributed by atoms with E-state index in [2.05, 4.69) is 36.6 Å². The molecule has 2 aromatic rings. The van der Waals surface area contributed by atoms with Gasteiger partial charge in [0.05, 0.1) is 0 Å². The van der Waals surface area contributed by atoms with Crippen molar-refractivity contribution in [3.8, 4) is 0 Å². The first-order chi connectivity index (χ1) is 15.1. The van der Waals surface area contributed by atoms with Gasteiger partial charge in [-0.3, -0.25) is 14.9 Å². The highest BCUT2D eigenvalue weighted by atomic mass is 16.4. The van der Waals surface area contributed by atoms with Crippen molar-refractivity contribution in [2.24, 2.45) is 5.73 Å². The second-order valence-electron chi connectivity index (χ2n) is 9.23.